The molecule has 0 saturated carbocycles. The molecule has 0 aliphatic carbocycles. The lowest BCUT2D eigenvalue weighted by Crippen LogP contribution is -2.16. The first-order valence-corrected chi connectivity index (χ1v) is 8.57. The minimum atomic E-state index is -0.108. The second kappa shape index (κ2) is 8.25. The van der Waals surface area contributed by atoms with Crippen LogP contribution in [0.1, 0.15) is 22.3 Å². The van der Waals surface area contributed by atoms with Crippen molar-refractivity contribution >= 4 is 17.5 Å². The Balaban J connectivity index is 1.53. The fraction of sp³-hybridized carbons (Fsp3) is 0.190. The van der Waals surface area contributed by atoms with Crippen LogP contribution in [0.5, 0.6) is 0 Å². The number of anilines is 2. The molecule has 0 aliphatic rings. The third kappa shape index (κ3) is 4.89. The van der Waals surface area contributed by atoms with Crippen molar-refractivity contribution in [2.45, 2.75) is 26.8 Å². The van der Waals surface area contributed by atoms with Crippen LogP contribution in [0.2, 0.25) is 0 Å². The number of rotatable bonds is 6. The van der Waals surface area contributed by atoms with Gasteiger partial charge in [0.05, 0.1) is 6.42 Å². The van der Waals surface area contributed by atoms with Gasteiger partial charge in [-0.2, -0.15) is 0 Å². The summed E-state index contributed by atoms with van der Waals surface area (Å²) in [4.78, 5) is 12.1. The normalized spacial score (nSPS) is 10.4. The number of carbonyl (C=O) groups is 1. The quantitative estimate of drug-likeness (QED) is 0.711. The Morgan fingerprint density at radius 3 is 2.27 bits per heavy atom. The molecule has 1 amide bonds. The van der Waals surface area contributed by atoms with Crippen molar-refractivity contribution in [3.63, 3.8) is 0 Å². The molecule has 26 heavy (non-hydrogen) atoms. The average molecular weight is 346 g/mol. The highest BCUT2D eigenvalue weighted by Gasteiger charge is 2.06. The Bertz CT molecular complexity index is 873. The Morgan fingerprint density at radius 1 is 0.885 bits per heavy atom. The fourth-order valence-electron chi connectivity index (χ4n) is 2.57. The van der Waals surface area contributed by atoms with Crippen LogP contribution in [0.15, 0.2) is 60.7 Å². The van der Waals surface area contributed by atoms with Crippen LogP contribution in [0.25, 0.3) is 0 Å². The predicted molar refractivity (Wildman–Crippen MR) is 104 cm³/mol. The summed E-state index contributed by atoms with van der Waals surface area (Å²) in [6, 6.07) is 19.7. The van der Waals surface area contributed by atoms with Crippen molar-refractivity contribution in [1.29, 1.82) is 0 Å². The Kier molecular flexibility index (Phi) is 5.59. The third-order valence-electron chi connectivity index (χ3n) is 4.14. The number of nitrogens with zero attached hydrogens (tertiary/aromatic N) is 2. The van der Waals surface area contributed by atoms with E-state index in [1.54, 1.807) is 6.07 Å². The molecule has 1 aromatic heterocycles. The summed E-state index contributed by atoms with van der Waals surface area (Å²) in [5.41, 5.74) is 4.59. The van der Waals surface area contributed by atoms with E-state index in [1.165, 1.54) is 16.7 Å². The van der Waals surface area contributed by atoms with E-state index in [-0.39, 0.29) is 5.91 Å². The van der Waals surface area contributed by atoms with Gasteiger partial charge in [-0.05, 0) is 42.7 Å². The predicted octanol–water partition coefficient (Wildman–Crippen LogP) is 3.89. The van der Waals surface area contributed by atoms with Gasteiger partial charge >= 0.3 is 0 Å². The summed E-state index contributed by atoms with van der Waals surface area (Å²) in [5, 5.41) is 14.2. The number of hydrogen-bond donors (Lipinski definition) is 2. The summed E-state index contributed by atoms with van der Waals surface area (Å²) in [6.07, 6.45) is 0.315. The molecule has 3 aromatic rings. The fourth-order valence-corrected chi connectivity index (χ4v) is 2.57. The summed E-state index contributed by atoms with van der Waals surface area (Å²) in [7, 11) is 0. The monoisotopic (exact) mass is 346 g/mol. The maximum Gasteiger partial charge on any atom is 0.229 e. The smallest absolute Gasteiger partial charge is 0.229 e. The van der Waals surface area contributed by atoms with Gasteiger partial charge in [0.1, 0.15) is 5.82 Å². The molecule has 1 heterocycles. The number of carbonyl (C=O) groups excluding carboxylic acids is 1. The molecule has 2 aromatic carbocycles. The average Bonchev–Trinajstić information content (AvgIpc) is 2.64. The van der Waals surface area contributed by atoms with Crippen LogP contribution in [0, 0.1) is 13.8 Å². The molecule has 2 N–H and O–H groups in total. The van der Waals surface area contributed by atoms with Gasteiger partial charge in [-0.15, -0.1) is 10.2 Å². The van der Waals surface area contributed by atoms with Gasteiger partial charge in [0.25, 0.3) is 0 Å². The summed E-state index contributed by atoms with van der Waals surface area (Å²) in [5.74, 6) is 1.01. The molecule has 0 radical (unpaired) electrons. The molecule has 0 fully saturated rings. The number of nitrogens with one attached hydrogen (secondary N) is 2. The molecule has 3 rings (SSSR count). The van der Waals surface area contributed by atoms with E-state index >= 15 is 0 Å². The van der Waals surface area contributed by atoms with Crippen LogP contribution in [0.4, 0.5) is 11.6 Å². The van der Waals surface area contributed by atoms with Crippen LogP contribution < -0.4 is 10.6 Å². The molecule has 5 nitrogen and oxygen atoms in total. The van der Waals surface area contributed by atoms with Gasteiger partial charge in [0, 0.05) is 6.54 Å². The molecule has 0 saturated heterocycles. The van der Waals surface area contributed by atoms with Crippen molar-refractivity contribution in [3.05, 3.63) is 82.9 Å². The van der Waals surface area contributed by atoms with E-state index in [0.717, 1.165) is 5.56 Å². The molecule has 0 bridgehead atoms. The summed E-state index contributed by atoms with van der Waals surface area (Å²) >= 11 is 0. The molecule has 0 unspecified atom stereocenters. The zero-order chi connectivity index (χ0) is 18.4. The first-order chi connectivity index (χ1) is 12.6. The zero-order valence-electron chi connectivity index (χ0n) is 15.0. The third-order valence-corrected chi connectivity index (χ3v) is 4.14. The van der Waals surface area contributed by atoms with Crippen molar-refractivity contribution in [2.24, 2.45) is 0 Å². The summed E-state index contributed by atoms with van der Waals surface area (Å²) in [6.45, 7) is 4.78. The van der Waals surface area contributed by atoms with E-state index in [2.05, 4.69) is 39.9 Å². The van der Waals surface area contributed by atoms with Gasteiger partial charge in [0.2, 0.25) is 5.91 Å². The highest BCUT2D eigenvalue weighted by Crippen LogP contribution is 2.12. The standard InChI is InChI=1S/C21H22N4O/c1-15-7-9-17(10-8-15)13-21(26)23-20-12-11-19(24-25-20)22-14-18-6-4-3-5-16(18)2/h3-12H,13-14H2,1-2H3,(H,22,24)(H,23,25,26). The van der Waals surface area contributed by atoms with Crippen LogP contribution in [-0.2, 0) is 17.8 Å². The molecular formula is C21H22N4O. The van der Waals surface area contributed by atoms with E-state index in [4.69, 9.17) is 0 Å². The Labute approximate surface area is 153 Å². The van der Waals surface area contributed by atoms with Gasteiger partial charge in [-0.3, -0.25) is 4.79 Å². The van der Waals surface area contributed by atoms with Crippen molar-refractivity contribution < 1.29 is 4.79 Å². The number of aryl methyl sites for hydroxylation is 2. The summed E-state index contributed by atoms with van der Waals surface area (Å²) < 4.78 is 0. The lowest BCUT2D eigenvalue weighted by Gasteiger charge is -2.08. The van der Waals surface area contributed by atoms with Crippen molar-refractivity contribution in [1.82, 2.24) is 10.2 Å². The van der Waals surface area contributed by atoms with Crippen LogP contribution >= 0.6 is 0 Å². The van der Waals surface area contributed by atoms with Crippen LogP contribution in [-0.4, -0.2) is 16.1 Å². The van der Waals surface area contributed by atoms with E-state index < -0.39 is 0 Å². The molecular weight excluding hydrogens is 324 g/mol. The Morgan fingerprint density at radius 2 is 1.58 bits per heavy atom. The minimum absolute atomic E-state index is 0.108. The number of aromatic nitrogens is 2. The second-order valence-corrected chi connectivity index (χ2v) is 6.29. The maximum absolute atomic E-state index is 12.1. The van der Waals surface area contributed by atoms with Crippen molar-refractivity contribution in [2.75, 3.05) is 10.6 Å². The molecule has 0 spiro atoms. The van der Waals surface area contributed by atoms with Gasteiger partial charge < -0.3 is 10.6 Å². The highest BCUT2D eigenvalue weighted by atomic mass is 16.1. The largest absolute Gasteiger partial charge is 0.364 e. The molecule has 132 valence electrons. The molecule has 5 heteroatoms. The van der Waals surface area contributed by atoms with E-state index in [1.807, 2.05) is 49.4 Å². The van der Waals surface area contributed by atoms with Gasteiger partial charge in [-0.1, -0.05) is 54.1 Å². The number of benzene rings is 2. The number of amides is 1. The van der Waals surface area contributed by atoms with E-state index in [9.17, 15) is 4.79 Å². The first kappa shape index (κ1) is 17.6. The van der Waals surface area contributed by atoms with Gasteiger partial charge in [-0.25, -0.2) is 0 Å². The van der Waals surface area contributed by atoms with E-state index in [0.29, 0.717) is 24.6 Å². The second-order valence-electron chi connectivity index (χ2n) is 6.29. The lowest BCUT2D eigenvalue weighted by atomic mass is 10.1. The SMILES string of the molecule is Cc1ccc(CC(=O)Nc2ccc(NCc3ccccc3C)nn2)cc1. The minimum Gasteiger partial charge on any atom is -0.364 e. The highest BCUT2D eigenvalue weighted by molar-refractivity contribution is 5.91. The van der Waals surface area contributed by atoms with Gasteiger partial charge in [0.15, 0.2) is 5.82 Å². The van der Waals surface area contributed by atoms with Crippen LogP contribution in [0.3, 0.4) is 0 Å². The molecule has 0 atom stereocenters. The first-order valence-electron chi connectivity index (χ1n) is 8.57. The number of hydrogen-bond acceptors (Lipinski definition) is 4. The zero-order valence-corrected chi connectivity index (χ0v) is 15.0. The maximum atomic E-state index is 12.1. The topological polar surface area (TPSA) is 66.9 Å². The Hall–Kier alpha value is -3.21. The lowest BCUT2D eigenvalue weighted by molar-refractivity contribution is -0.115. The van der Waals surface area contributed by atoms with Crippen molar-refractivity contribution in [3.8, 4) is 0 Å². The molecule has 0 aliphatic heterocycles.